The van der Waals surface area contributed by atoms with Crippen molar-refractivity contribution in [3.63, 3.8) is 0 Å². The van der Waals surface area contributed by atoms with E-state index in [1.165, 1.54) is 0 Å². The Hall–Kier alpha value is -2.37. The molecule has 0 aliphatic heterocycles. The Kier molecular flexibility index (Phi) is 3.79. The number of hydrogen-bond acceptors (Lipinski definition) is 3. The van der Waals surface area contributed by atoms with E-state index in [1.54, 1.807) is 18.3 Å². The molecule has 0 saturated heterocycles. The average molecular weight is 259 g/mol. The smallest absolute Gasteiger partial charge is 0.320 e. The van der Waals surface area contributed by atoms with Crippen LogP contribution in [-0.4, -0.2) is 20.8 Å². The third-order valence-corrected chi connectivity index (χ3v) is 2.99. The van der Waals surface area contributed by atoms with Crippen LogP contribution in [0, 0.1) is 13.8 Å². The second-order valence-corrected chi connectivity index (χ2v) is 4.30. The average Bonchev–Trinajstić information content (AvgIpc) is 2.62. The van der Waals surface area contributed by atoms with Crippen LogP contribution in [0.25, 0.3) is 0 Å². The minimum Gasteiger partial charge on any atom is -0.334 e. The molecule has 0 radical (unpaired) electrons. The van der Waals surface area contributed by atoms with Crippen LogP contribution in [0.15, 0.2) is 24.4 Å². The van der Waals surface area contributed by atoms with Crippen molar-refractivity contribution in [3.8, 4) is 0 Å². The molecule has 100 valence electrons. The van der Waals surface area contributed by atoms with E-state index in [9.17, 15) is 4.79 Å². The number of amides is 2. The molecule has 0 unspecified atom stereocenters. The van der Waals surface area contributed by atoms with Gasteiger partial charge in [-0.3, -0.25) is 10.00 Å². The summed E-state index contributed by atoms with van der Waals surface area (Å²) in [5.74, 6) is 0.527. The Morgan fingerprint density at radius 3 is 2.74 bits per heavy atom. The monoisotopic (exact) mass is 259 g/mol. The lowest BCUT2D eigenvalue weighted by molar-refractivity contribution is 0.251. The first-order valence-corrected chi connectivity index (χ1v) is 6.03. The fraction of sp³-hybridized carbons (Fsp3) is 0.308. The van der Waals surface area contributed by atoms with Crippen LogP contribution in [-0.2, 0) is 13.6 Å². The topological polar surface area (TPSA) is 71.8 Å². The summed E-state index contributed by atoms with van der Waals surface area (Å²) in [5, 5.41) is 9.77. The van der Waals surface area contributed by atoms with Gasteiger partial charge in [-0.2, -0.15) is 5.10 Å². The Morgan fingerprint density at radius 1 is 1.37 bits per heavy atom. The van der Waals surface area contributed by atoms with Crippen molar-refractivity contribution >= 4 is 11.8 Å². The van der Waals surface area contributed by atoms with Crippen LogP contribution in [0.3, 0.4) is 0 Å². The molecule has 2 N–H and O–H groups in total. The van der Waals surface area contributed by atoms with Gasteiger partial charge in [0.05, 0.1) is 5.69 Å². The molecule has 0 saturated carbocycles. The molecule has 6 nitrogen and oxygen atoms in total. The third-order valence-electron chi connectivity index (χ3n) is 2.99. The second kappa shape index (κ2) is 5.51. The third kappa shape index (κ3) is 3.09. The molecule has 2 rings (SSSR count). The fourth-order valence-corrected chi connectivity index (χ4v) is 1.84. The molecule has 19 heavy (non-hydrogen) atoms. The van der Waals surface area contributed by atoms with Crippen LogP contribution in [0.2, 0.25) is 0 Å². The maximum absolute atomic E-state index is 11.7. The molecule has 0 aliphatic carbocycles. The van der Waals surface area contributed by atoms with Gasteiger partial charge >= 0.3 is 6.03 Å². The quantitative estimate of drug-likeness (QED) is 0.882. The minimum absolute atomic E-state index is 0.277. The second-order valence-electron chi connectivity index (χ2n) is 4.30. The summed E-state index contributed by atoms with van der Waals surface area (Å²) in [7, 11) is 1.89. The van der Waals surface area contributed by atoms with Gasteiger partial charge in [-0.15, -0.1) is 0 Å². The van der Waals surface area contributed by atoms with Gasteiger partial charge in [-0.25, -0.2) is 9.78 Å². The van der Waals surface area contributed by atoms with E-state index >= 15 is 0 Å². The number of aryl methyl sites for hydroxylation is 2. The number of anilines is 1. The summed E-state index contributed by atoms with van der Waals surface area (Å²) in [6, 6.07) is 5.07. The lowest BCUT2D eigenvalue weighted by Crippen LogP contribution is -2.28. The molecule has 2 aromatic rings. The summed E-state index contributed by atoms with van der Waals surface area (Å²) < 4.78 is 1.81. The van der Waals surface area contributed by atoms with Crippen molar-refractivity contribution in [1.82, 2.24) is 20.1 Å². The summed E-state index contributed by atoms with van der Waals surface area (Å²) in [4.78, 5) is 15.8. The largest absolute Gasteiger partial charge is 0.334 e. The number of pyridine rings is 1. The molecule has 6 heteroatoms. The first kappa shape index (κ1) is 13.1. The molecule has 0 aliphatic rings. The Labute approximate surface area is 111 Å². The Morgan fingerprint density at radius 2 is 2.16 bits per heavy atom. The lowest BCUT2D eigenvalue weighted by Gasteiger charge is -2.07. The van der Waals surface area contributed by atoms with Gasteiger partial charge in [0.2, 0.25) is 0 Å². The molecule has 2 heterocycles. The molecule has 0 spiro atoms. The number of urea groups is 1. The predicted octanol–water partition coefficient (Wildman–Crippen LogP) is 1.75. The van der Waals surface area contributed by atoms with Crippen LogP contribution in [0.4, 0.5) is 10.6 Å². The first-order valence-electron chi connectivity index (χ1n) is 6.03. The van der Waals surface area contributed by atoms with E-state index in [0.717, 1.165) is 17.0 Å². The van der Waals surface area contributed by atoms with E-state index in [1.807, 2.05) is 31.6 Å². The number of carbonyl (C=O) groups is 1. The Bertz CT molecular complexity index is 576. The van der Waals surface area contributed by atoms with Crippen LogP contribution >= 0.6 is 0 Å². The molecular formula is C13H17N5O. The standard InChI is InChI=1S/C13H17N5O/c1-9-11(10(2)18(3)17-9)8-15-13(19)16-12-6-4-5-7-14-12/h4-7H,8H2,1-3H3,(H2,14,15,16,19). The molecule has 2 amide bonds. The number of hydrogen-bond donors (Lipinski definition) is 2. The number of nitrogens with one attached hydrogen (secondary N) is 2. The summed E-state index contributed by atoms with van der Waals surface area (Å²) in [5.41, 5.74) is 3.02. The highest BCUT2D eigenvalue weighted by Crippen LogP contribution is 2.11. The Balaban J connectivity index is 1.94. The zero-order valence-corrected chi connectivity index (χ0v) is 11.3. The van der Waals surface area contributed by atoms with Gasteiger partial charge in [-0.1, -0.05) is 6.07 Å². The summed E-state index contributed by atoms with van der Waals surface area (Å²) in [6.45, 7) is 4.36. The first-order chi connectivity index (χ1) is 9.08. The highest BCUT2D eigenvalue weighted by atomic mass is 16.2. The molecular weight excluding hydrogens is 242 g/mol. The van der Waals surface area contributed by atoms with Gasteiger partial charge in [0.1, 0.15) is 5.82 Å². The normalized spacial score (nSPS) is 10.3. The van der Waals surface area contributed by atoms with E-state index in [2.05, 4.69) is 20.7 Å². The van der Waals surface area contributed by atoms with Crippen molar-refractivity contribution in [3.05, 3.63) is 41.3 Å². The van der Waals surface area contributed by atoms with E-state index in [-0.39, 0.29) is 6.03 Å². The molecule has 0 atom stereocenters. The molecule has 0 fully saturated rings. The van der Waals surface area contributed by atoms with Crippen LogP contribution in [0.1, 0.15) is 17.0 Å². The maximum Gasteiger partial charge on any atom is 0.320 e. The SMILES string of the molecule is Cc1nn(C)c(C)c1CNC(=O)Nc1ccccn1. The summed E-state index contributed by atoms with van der Waals surface area (Å²) >= 11 is 0. The zero-order chi connectivity index (χ0) is 13.8. The van der Waals surface area contributed by atoms with Gasteiger partial charge in [-0.05, 0) is 26.0 Å². The van der Waals surface area contributed by atoms with Crippen LogP contribution < -0.4 is 10.6 Å². The van der Waals surface area contributed by atoms with Crippen molar-refractivity contribution in [2.24, 2.45) is 7.05 Å². The van der Waals surface area contributed by atoms with Crippen molar-refractivity contribution in [2.45, 2.75) is 20.4 Å². The molecule has 0 aromatic carbocycles. The van der Waals surface area contributed by atoms with Gasteiger partial charge < -0.3 is 5.32 Å². The maximum atomic E-state index is 11.7. The fourth-order valence-electron chi connectivity index (χ4n) is 1.84. The summed E-state index contributed by atoms with van der Waals surface area (Å²) in [6.07, 6.45) is 1.63. The minimum atomic E-state index is -0.277. The zero-order valence-electron chi connectivity index (χ0n) is 11.3. The van der Waals surface area contributed by atoms with Crippen molar-refractivity contribution in [1.29, 1.82) is 0 Å². The number of rotatable bonds is 3. The predicted molar refractivity (Wildman–Crippen MR) is 72.8 cm³/mol. The highest BCUT2D eigenvalue weighted by molar-refractivity contribution is 5.88. The highest BCUT2D eigenvalue weighted by Gasteiger charge is 2.10. The van der Waals surface area contributed by atoms with Crippen LogP contribution in [0.5, 0.6) is 0 Å². The number of carbonyl (C=O) groups excluding carboxylic acids is 1. The molecule has 2 aromatic heterocycles. The van der Waals surface area contributed by atoms with Gasteiger partial charge in [0.25, 0.3) is 0 Å². The lowest BCUT2D eigenvalue weighted by atomic mass is 10.2. The molecule has 0 bridgehead atoms. The van der Waals surface area contributed by atoms with Gasteiger partial charge in [0, 0.05) is 31.0 Å². The van der Waals surface area contributed by atoms with Crippen molar-refractivity contribution in [2.75, 3.05) is 5.32 Å². The van der Waals surface area contributed by atoms with Gasteiger partial charge in [0.15, 0.2) is 0 Å². The number of nitrogens with zero attached hydrogens (tertiary/aromatic N) is 3. The van der Waals surface area contributed by atoms with E-state index in [4.69, 9.17) is 0 Å². The number of aromatic nitrogens is 3. The van der Waals surface area contributed by atoms with Crippen molar-refractivity contribution < 1.29 is 4.79 Å². The van der Waals surface area contributed by atoms with E-state index in [0.29, 0.717) is 12.4 Å². The van der Waals surface area contributed by atoms with E-state index < -0.39 is 0 Å².